The number of ether oxygens (including phenoxy) is 5. The Morgan fingerprint density at radius 3 is 2.19 bits per heavy atom. The van der Waals surface area contributed by atoms with Gasteiger partial charge in [0.25, 0.3) is 0 Å². The van der Waals surface area contributed by atoms with E-state index in [9.17, 15) is 25.5 Å². The van der Waals surface area contributed by atoms with Crippen LogP contribution in [-0.4, -0.2) is 99.3 Å². The second-order valence-electron chi connectivity index (χ2n) is 8.94. The van der Waals surface area contributed by atoms with Crippen molar-refractivity contribution in [2.24, 2.45) is 0 Å². The fourth-order valence-corrected chi connectivity index (χ4v) is 5.66. The number of benzene rings is 2. The first kappa shape index (κ1) is 26.0. The van der Waals surface area contributed by atoms with Crippen LogP contribution in [0, 0.1) is 0 Å². The van der Waals surface area contributed by atoms with Gasteiger partial charge in [-0.2, -0.15) is 0 Å². The highest BCUT2D eigenvalue weighted by Crippen LogP contribution is 2.38. The quantitative estimate of drug-likeness (QED) is 0.354. The predicted octanol–water partition coefficient (Wildman–Crippen LogP) is 0.164. The van der Waals surface area contributed by atoms with Gasteiger partial charge in [0.15, 0.2) is 12.6 Å². The van der Waals surface area contributed by atoms with Gasteiger partial charge < -0.3 is 49.2 Å². The molecule has 2 aromatic carbocycles. The summed E-state index contributed by atoms with van der Waals surface area (Å²) in [4.78, 5) is 0.816. The molecule has 0 radical (unpaired) electrons. The summed E-state index contributed by atoms with van der Waals surface area (Å²) in [5.74, 6) is 0. The van der Waals surface area contributed by atoms with Gasteiger partial charge in [0.2, 0.25) is 0 Å². The van der Waals surface area contributed by atoms with Gasteiger partial charge in [0.05, 0.1) is 13.2 Å². The van der Waals surface area contributed by atoms with E-state index < -0.39 is 73.5 Å². The summed E-state index contributed by atoms with van der Waals surface area (Å²) in [6.45, 7) is -0.442. The zero-order valence-electron chi connectivity index (χ0n) is 19.2. The van der Waals surface area contributed by atoms with Crippen LogP contribution < -0.4 is 0 Å². The summed E-state index contributed by atoms with van der Waals surface area (Å²) in [5.41, 5.74) is -0.0946. The second kappa shape index (κ2) is 11.4. The molecule has 0 amide bonds. The standard InChI is InChI=1S/C25H30O10S/c26-11-15-21(18(28)20(30)25(33-15)36-14-9-5-2-6-10-14)35-24-19(29)17(27)22-16(32-24)12-31-23(34-22)13-7-3-1-4-8-13/h1-10,15-30H,11-12H2/t15-,16-,17-,18-,19-,20-,21-,22+,23+,24+,25+/m1/s1. The van der Waals surface area contributed by atoms with E-state index in [4.69, 9.17) is 23.7 Å². The molecule has 11 heteroatoms. The van der Waals surface area contributed by atoms with E-state index in [0.29, 0.717) is 0 Å². The lowest BCUT2D eigenvalue weighted by Crippen LogP contribution is -2.65. The molecule has 2 aromatic rings. The molecule has 11 atom stereocenters. The van der Waals surface area contributed by atoms with Crippen LogP contribution in [0.25, 0.3) is 0 Å². The molecule has 196 valence electrons. The van der Waals surface area contributed by atoms with Crippen LogP contribution in [-0.2, 0) is 23.7 Å². The number of rotatable bonds is 6. The Balaban J connectivity index is 1.24. The van der Waals surface area contributed by atoms with Gasteiger partial charge >= 0.3 is 0 Å². The molecule has 3 fully saturated rings. The molecule has 3 saturated heterocycles. The van der Waals surface area contributed by atoms with Gasteiger partial charge in [-0.15, -0.1) is 0 Å². The van der Waals surface area contributed by atoms with Crippen LogP contribution in [0.2, 0.25) is 0 Å². The molecule has 0 bridgehead atoms. The fourth-order valence-electron chi connectivity index (χ4n) is 4.58. The summed E-state index contributed by atoms with van der Waals surface area (Å²) in [5, 5.41) is 53.0. The van der Waals surface area contributed by atoms with E-state index in [2.05, 4.69) is 0 Å². The van der Waals surface area contributed by atoms with Gasteiger partial charge in [0.1, 0.15) is 54.3 Å². The number of thioether (sulfide) groups is 1. The highest BCUT2D eigenvalue weighted by Gasteiger charge is 2.52. The van der Waals surface area contributed by atoms with Gasteiger partial charge in [-0.1, -0.05) is 60.3 Å². The SMILES string of the molecule is OC[C@H]1O[C@@H](Sc2ccccc2)[C@H](O)[C@@H](O)[C@@H]1O[C@@H]1O[C@@H]2CO[C@H](c3ccccc3)O[C@@H]2[C@H](O)[C@H]1O. The summed E-state index contributed by atoms with van der Waals surface area (Å²) >= 11 is 1.21. The van der Waals surface area contributed by atoms with Crippen LogP contribution in [0.5, 0.6) is 0 Å². The van der Waals surface area contributed by atoms with E-state index in [-0.39, 0.29) is 6.61 Å². The van der Waals surface area contributed by atoms with Crippen LogP contribution in [0.15, 0.2) is 65.6 Å². The summed E-state index contributed by atoms with van der Waals surface area (Å²) < 4.78 is 29.1. The van der Waals surface area contributed by atoms with Crippen molar-refractivity contribution in [2.45, 2.75) is 71.7 Å². The van der Waals surface area contributed by atoms with Crippen molar-refractivity contribution >= 4 is 11.8 Å². The number of aliphatic hydroxyl groups is 5. The highest BCUT2D eigenvalue weighted by molar-refractivity contribution is 7.99. The molecule has 0 aromatic heterocycles. The average molecular weight is 523 g/mol. The van der Waals surface area contributed by atoms with Crippen molar-refractivity contribution in [3.05, 3.63) is 66.2 Å². The number of hydrogen-bond acceptors (Lipinski definition) is 11. The minimum absolute atomic E-state index is 0.0689. The predicted molar refractivity (Wildman–Crippen MR) is 126 cm³/mol. The fraction of sp³-hybridized carbons (Fsp3) is 0.520. The molecule has 5 N–H and O–H groups in total. The topological polar surface area (TPSA) is 147 Å². The molecular weight excluding hydrogens is 492 g/mol. The summed E-state index contributed by atoms with van der Waals surface area (Å²) in [7, 11) is 0. The molecule has 0 unspecified atom stereocenters. The van der Waals surface area contributed by atoms with Crippen molar-refractivity contribution in [3.8, 4) is 0 Å². The monoisotopic (exact) mass is 522 g/mol. The number of fused-ring (bicyclic) bond motifs is 1. The molecule has 0 spiro atoms. The third-order valence-corrected chi connectivity index (χ3v) is 7.68. The van der Waals surface area contributed by atoms with E-state index in [0.717, 1.165) is 10.5 Å². The Hall–Kier alpha value is -1.61. The number of hydrogen-bond donors (Lipinski definition) is 5. The molecular formula is C25H30O10S. The van der Waals surface area contributed by atoms with E-state index in [1.165, 1.54) is 11.8 Å². The van der Waals surface area contributed by atoms with Crippen LogP contribution in [0.3, 0.4) is 0 Å². The van der Waals surface area contributed by atoms with Crippen molar-refractivity contribution in [2.75, 3.05) is 13.2 Å². The lowest BCUT2D eigenvalue weighted by Gasteiger charge is -2.48. The molecule has 3 heterocycles. The molecule has 36 heavy (non-hydrogen) atoms. The number of aliphatic hydroxyl groups excluding tert-OH is 5. The van der Waals surface area contributed by atoms with Crippen LogP contribution >= 0.6 is 11.8 Å². The molecule has 10 nitrogen and oxygen atoms in total. The van der Waals surface area contributed by atoms with E-state index in [1.54, 1.807) is 0 Å². The van der Waals surface area contributed by atoms with Crippen molar-refractivity contribution in [1.82, 2.24) is 0 Å². The average Bonchev–Trinajstić information content (AvgIpc) is 2.92. The molecule has 3 aliphatic heterocycles. The first-order chi connectivity index (χ1) is 17.5. The lowest BCUT2D eigenvalue weighted by atomic mass is 9.96. The Labute approximate surface area is 212 Å². The van der Waals surface area contributed by atoms with Gasteiger partial charge in [-0.3, -0.25) is 0 Å². The highest BCUT2D eigenvalue weighted by atomic mass is 32.2. The zero-order valence-corrected chi connectivity index (χ0v) is 20.0. The first-order valence-corrected chi connectivity index (χ1v) is 12.7. The Morgan fingerprint density at radius 1 is 0.806 bits per heavy atom. The summed E-state index contributed by atoms with van der Waals surface area (Å²) in [6, 6.07) is 18.4. The molecule has 0 saturated carbocycles. The van der Waals surface area contributed by atoms with E-state index in [1.807, 2.05) is 60.7 Å². The maximum Gasteiger partial charge on any atom is 0.187 e. The third-order valence-electron chi connectivity index (χ3n) is 6.51. The zero-order chi connectivity index (χ0) is 25.2. The van der Waals surface area contributed by atoms with Crippen molar-refractivity contribution in [3.63, 3.8) is 0 Å². The summed E-state index contributed by atoms with van der Waals surface area (Å²) in [6.07, 6.45) is -11.7. The maximum absolute atomic E-state index is 10.8. The van der Waals surface area contributed by atoms with Gasteiger partial charge in [-0.25, -0.2) is 0 Å². The Morgan fingerprint density at radius 2 is 1.50 bits per heavy atom. The largest absolute Gasteiger partial charge is 0.394 e. The van der Waals surface area contributed by atoms with E-state index >= 15 is 0 Å². The lowest BCUT2D eigenvalue weighted by molar-refractivity contribution is -0.377. The normalized spacial score (nSPS) is 41.0. The minimum atomic E-state index is -1.53. The van der Waals surface area contributed by atoms with Crippen molar-refractivity contribution < 1.29 is 49.2 Å². The molecule has 5 rings (SSSR count). The molecule has 3 aliphatic rings. The first-order valence-electron chi connectivity index (χ1n) is 11.8. The maximum atomic E-state index is 10.8. The third kappa shape index (κ3) is 5.33. The minimum Gasteiger partial charge on any atom is -0.394 e. The second-order valence-corrected chi connectivity index (χ2v) is 10.1. The van der Waals surface area contributed by atoms with Gasteiger partial charge in [-0.05, 0) is 12.1 Å². The molecule has 0 aliphatic carbocycles. The Bertz CT molecular complexity index is 964. The van der Waals surface area contributed by atoms with Crippen molar-refractivity contribution in [1.29, 1.82) is 0 Å². The van der Waals surface area contributed by atoms with Crippen LogP contribution in [0.4, 0.5) is 0 Å². The Kier molecular flexibility index (Phi) is 8.25. The van der Waals surface area contributed by atoms with Gasteiger partial charge in [0, 0.05) is 10.5 Å². The van der Waals surface area contributed by atoms with Crippen LogP contribution in [0.1, 0.15) is 11.9 Å². The smallest absolute Gasteiger partial charge is 0.187 e.